The molecule has 3 atom stereocenters. The molecule has 0 aromatic carbocycles. The van der Waals surface area contributed by atoms with Gasteiger partial charge in [-0.25, -0.2) is 0 Å². The topological polar surface area (TPSA) is 49.6 Å². The second-order valence-electron chi connectivity index (χ2n) is 5.25. The van der Waals surface area contributed by atoms with Crippen LogP contribution >= 0.6 is 0 Å². The Labute approximate surface area is 97.8 Å². The van der Waals surface area contributed by atoms with Crippen molar-refractivity contribution < 1.29 is 4.79 Å². The molecular weight excluding hydrogens is 202 g/mol. The Hall–Kier alpha value is -0.610. The van der Waals surface area contributed by atoms with Crippen LogP contribution in [0.25, 0.3) is 0 Å². The first-order valence-electron chi connectivity index (χ1n) is 6.33. The average Bonchev–Trinajstić information content (AvgIpc) is 2.60. The first kappa shape index (κ1) is 11.9. The zero-order valence-electron chi connectivity index (χ0n) is 10.4. The molecule has 1 amide bonds. The van der Waals surface area contributed by atoms with Crippen molar-refractivity contribution in [3.63, 3.8) is 0 Å². The van der Waals surface area contributed by atoms with E-state index >= 15 is 0 Å². The van der Waals surface area contributed by atoms with E-state index in [-0.39, 0.29) is 18.0 Å². The van der Waals surface area contributed by atoms with Gasteiger partial charge in [0.05, 0.1) is 6.04 Å². The third-order valence-corrected chi connectivity index (χ3v) is 4.20. The highest BCUT2D eigenvalue weighted by Crippen LogP contribution is 2.25. The molecule has 92 valence electrons. The molecule has 3 unspecified atom stereocenters. The van der Waals surface area contributed by atoms with Crippen molar-refractivity contribution in [2.24, 2.45) is 5.73 Å². The van der Waals surface area contributed by atoms with Crippen LogP contribution in [0.15, 0.2) is 0 Å². The van der Waals surface area contributed by atoms with Crippen molar-refractivity contribution in [3.05, 3.63) is 0 Å². The molecule has 2 N–H and O–H groups in total. The van der Waals surface area contributed by atoms with E-state index in [4.69, 9.17) is 5.73 Å². The number of likely N-dealkylation sites (N-methyl/N-ethyl adjacent to an activating group) is 2. The molecule has 4 heteroatoms. The van der Waals surface area contributed by atoms with Crippen LogP contribution < -0.4 is 5.73 Å². The standard InChI is InChI=1S/C12H23N3O/c1-14-8-7-11(12(14)16)15(2)10-6-4-3-5-9(10)13/h9-11H,3-8,13H2,1-2H3. The molecule has 0 spiro atoms. The summed E-state index contributed by atoms with van der Waals surface area (Å²) in [5, 5.41) is 0. The number of nitrogens with zero attached hydrogens (tertiary/aromatic N) is 2. The lowest BCUT2D eigenvalue weighted by atomic mass is 9.89. The number of amides is 1. The highest BCUT2D eigenvalue weighted by molar-refractivity contribution is 5.83. The Balaban J connectivity index is 2.01. The number of carbonyl (C=O) groups excluding carboxylic acids is 1. The van der Waals surface area contributed by atoms with Crippen molar-refractivity contribution in [3.8, 4) is 0 Å². The van der Waals surface area contributed by atoms with Gasteiger partial charge in [-0.1, -0.05) is 12.8 Å². The Kier molecular flexibility index (Phi) is 3.50. The van der Waals surface area contributed by atoms with E-state index in [1.807, 2.05) is 11.9 Å². The van der Waals surface area contributed by atoms with Crippen molar-refractivity contribution in [1.82, 2.24) is 9.80 Å². The first-order chi connectivity index (χ1) is 7.61. The van der Waals surface area contributed by atoms with Crippen molar-refractivity contribution in [2.75, 3.05) is 20.6 Å². The molecule has 2 aliphatic rings. The van der Waals surface area contributed by atoms with Crippen LogP contribution in [0.1, 0.15) is 32.1 Å². The summed E-state index contributed by atoms with van der Waals surface area (Å²) in [6, 6.07) is 0.714. The van der Waals surface area contributed by atoms with Crippen LogP contribution in [0.2, 0.25) is 0 Å². The fourth-order valence-electron chi connectivity index (χ4n) is 3.06. The van der Waals surface area contributed by atoms with Crippen molar-refractivity contribution in [2.45, 2.75) is 50.2 Å². The monoisotopic (exact) mass is 225 g/mol. The minimum Gasteiger partial charge on any atom is -0.344 e. The molecule has 16 heavy (non-hydrogen) atoms. The van der Waals surface area contributed by atoms with Crippen LogP contribution in [0.4, 0.5) is 0 Å². The molecule has 0 aromatic heterocycles. The van der Waals surface area contributed by atoms with E-state index in [0.717, 1.165) is 25.8 Å². The average molecular weight is 225 g/mol. The van der Waals surface area contributed by atoms with E-state index in [0.29, 0.717) is 6.04 Å². The van der Waals surface area contributed by atoms with Crippen molar-refractivity contribution in [1.29, 1.82) is 0 Å². The Morgan fingerprint density at radius 1 is 1.31 bits per heavy atom. The predicted octanol–water partition coefficient (Wildman–Crippen LogP) is 0.419. The maximum Gasteiger partial charge on any atom is 0.239 e. The summed E-state index contributed by atoms with van der Waals surface area (Å²) in [5.41, 5.74) is 6.16. The van der Waals surface area contributed by atoms with Gasteiger partial charge in [-0.15, -0.1) is 0 Å². The normalized spacial score (nSPS) is 36.1. The quantitative estimate of drug-likeness (QED) is 0.741. The number of likely N-dealkylation sites (tertiary alicyclic amines) is 1. The molecule has 1 heterocycles. The lowest BCUT2D eigenvalue weighted by Gasteiger charge is -2.38. The van der Waals surface area contributed by atoms with Crippen LogP contribution in [-0.2, 0) is 4.79 Å². The summed E-state index contributed by atoms with van der Waals surface area (Å²) in [6.07, 6.45) is 5.69. The van der Waals surface area contributed by atoms with Gasteiger partial charge >= 0.3 is 0 Å². The second-order valence-corrected chi connectivity index (χ2v) is 5.25. The predicted molar refractivity (Wildman–Crippen MR) is 64.0 cm³/mol. The SMILES string of the molecule is CN1CCC(N(C)C2CCCCC2N)C1=O. The summed E-state index contributed by atoms with van der Waals surface area (Å²) in [5.74, 6) is 0.264. The van der Waals surface area contributed by atoms with Gasteiger partial charge in [-0.05, 0) is 26.3 Å². The lowest BCUT2D eigenvalue weighted by Crippen LogP contribution is -2.53. The Bertz CT molecular complexity index is 269. The van der Waals surface area contributed by atoms with E-state index < -0.39 is 0 Å². The van der Waals surface area contributed by atoms with Crippen LogP contribution in [0.3, 0.4) is 0 Å². The number of nitrogens with two attached hydrogens (primary N) is 1. The second kappa shape index (κ2) is 4.72. The third-order valence-electron chi connectivity index (χ3n) is 4.20. The number of hydrogen-bond donors (Lipinski definition) is 1. The molecule has 4 nitrogen and oxygen atoms in total. The fourth-order valence-corrected chi connectivity index (χ4v) is 3.06. The summed E-state index contributed by atoms with van der Waals surface area (Å²) in [4.78, 5) is 16.0. The maximum absolute atomic E-state index is 11.9. The molecule has 0 bridgehead atoms. The highest BCUT2D eigenvalue weighted by Gasteiger charge is 2.37. The first-order valence-corrected chi connectivity index (χ1v) is 6.33. The zero-order valence-corrected chi connectivity index (χ0v) is 10.4. The van der Waals surface area contributed by atoms with E-state index in [1.165, 1.54) is 12.8 Å². The van der Waals surface area contributed by atoms with Gasteiger partial charge in [-0.2, -0.15) is 0 Å². The summed E-state index contributed by atoms with van der Waals surface area (Å²) in [7, 11) is 3.95. The van der Waals surface area contributed by atoms with Gasteiger partial charge in [0.25, 0.3) is 0 Å². The summed E-state index contributed by atoms with van der Waals surface area (Å²) < 4.78 is 0. The van der Waals surface area contributed by atoms with Crippen molar-refractivity contribution >= 4 is 5.91 Å². The number of rotatable bonds is 2. The van der Waals surface area contributed by atoms with Gasteiger partial charge in [0.15, 0.2) is 0 Å². The van der Waals surface area contributed by atoms with Crippen LogP contribution in [0, 0.1) is 0 Å². The largest absolute Gasteiger partial charge is 0.344 e. The van der Waals surface area contributed by atoms with E-state index in [1.54, 1.807) is 0 Å². The molecule has 2 rings (SSSR count). The number of hydrogen-bond acceptors (Lipinski definition) is 3. The van der Waals surface area contributed by atoms with Gasteiger partial charge in [0.1, 0.15) is 0 Å². The van der Waals surface area contributed by atoms with Gasteiger partial charge in [0.2, 0.25) is 5.91 Å². The maximum atomic E-state index is 11.9. The smallest absolute Gasteiger partial charge is 0.239 e. The molecular formula is C12H23N3O. The molecule has 2 fully saturated rings. The minimum absolute atomic E-state index is 0.0687. The van der Waals surface area contributed by atoms with Crippen LogP contribution in [-0.4, -0.2) is 54.5 Å². The summed E-state index contributed by atoms with van der Waals surface area (Å²) in [6.45, 7) is 0.885. The van der Waals surface area contributed by atoms with Gasteiger partial charge < -0.3 is 10.6 Å². The zero-order chi connectivity index (χ0) is 11.7. The Morgan fingerprint density at radius 2 is 2.00 bits per heavy atom. The Morgan fingerprint density at radius 3 is 2.56 bits per heavy atom. The third kappa shape index (κ3) is 2.09. The van der Waals surface area contributed by atoms with E-state index in [9.17, 15) is 4.79 Å². The van der Waals surface area contributed by atoms with E-state index in [2.05, 4.69) is 11.9 Å². The molecule has 1 saturated heterocycles. The van der Waals surface area contributed by atoms with Crippen LogP contribution in [0.5, 0.6) is 0 Å². The molecule has 1 aliphatic carbocycles. The molecule has 0 aromatic rings. The highest BCUT2D eigenvalue weighted by atomic mass is 16.2. The van der Waals surface area contributed by atoms with Gasteiger partial charge in [0, 0.05) is 25.7 Å². The van der Waals surface area contributed by atoms with Gasteiger partial charge in [-0.3, -0.25) is 9.69 Å². The minimum atomic E-state index is 0.0687. The summed E-state index contributed by atoms with van der Waals surface area (Å²) >= 11 is 0. The lowest BCUT2D eigenvalue weighted by molar-refractivity contribution is -0.131. The fraction of sp³-hybridized carbons (Fsp3) is 0.917. The number of carbonyl (C=O) groups is 1. The molecule has 1 saturated carbocycles. The molecule has 1 aliphatic heterocycles. The molecule has 0 radical (unpaired) electrons.